The van der Waals surface area contributed by atoms with E-state index in [0.29, 0.717) is 5.56 Å². The lowest BCUT2D eigenvalue weighted by Crippen LogP contribution is -2.30. The summed E-state index contributed by atoms with van der Waals surface area (Å²) < 4.78 is 14.4. The van der Waals surface area contributed by atoms with E-state index in [4.69, 9.17) is 0 Å². The van der Waals surface area contributed by atoms with Crippen molar-refractivity contribution in [1.82, 2.24) is 0 Å². The molecule has 1 heterocycles. The highest BCUT2D eigenvalue weighted by Gasteiger charge is 2.42. The lowest BCUT2D eigenvalue weighted by atomic mass is 9.76. The fourth-order valence-electron chi connectivity index (χ4n) is 3.92. The fourth-order valence-corrected chi connectivity index (χ4v) is 3.92. The van der Waals surface area contributed by atoms with Crippen molar-refractivity contribution >= 4 is 11.4 Å². The monoisotopic (exact) mass is 324 g/mol. The smallest absolute Gasteiger partial charge is 0.275 e. The molecule has 1 aliphatic heterocycles. The molecular weight excluding hydrogens is 307 g/mol. The number of nitrogens with one attached hydrogen (secondary N) is 1. The third-order valence-corrected chi connectivity index (χ3v) is 5.08. The van der Waals surface area contributed by atoms with Crippen molar-refractivity contribution in [3.63, 3.8) is 0 Å². The molecule has 3 unspecified atom stereocenters. The van der Waals surface area contributed by atoms with Gasteiger partial charge in [-0.2, -0.15) is 0 Å². The van der Waals surface area contributed by atoms with Gasteiger partial charge in [-0.15, -0.1) is 0 Å². The molecule has 1 N–H and O–H groups in total. The Bertz CT molecular complexity index is 845. The molecule has 2 aliphatic rings. The molecule has 2 aromatic rings. The largest absolute Gasteiger partial charge is 0.375 e. The second-order valence-corrected chi connectivity index (χ2v) is 6.50. The number of nitro benzene ring substituents is 1. The highest BCUT2D eigenvalue weighted by Crippen LogP contribution is 2.53. The summed E-state index contributed by atoms with van der Waals surface area (Å²) in [5.41, 5.74) is 2.97. The molecule has 2 aromatic carbocycles. The van der Waals surface area contributed by atoms with Gasteiger partial charge >= 0.3 is 0 Å². The molecule has 3 atom stereocenters. The molecule has 4 nitrogen and oxygen atoms in total. The first-order valence-corrected chi connectivity index (χ1v) is 8.03. The molecule has 0 saturated heterocycles. The van der Waals surface area contributed by atoms with Gasteiger partial charge in [-0.25, -0.2) is 4.39 Å². The van der Waals surface area contributed by atoms with Gasteiger partial charge in [0.25, 0.3) is 5.69 Å². The van der Waals surface area contributed by atoms with Gasteiger partial charge in [-0.1, -0.05) is 42.0 Å². The summed E-state index contributed by atoms with van der Waals surface area (Å²) in [5, 5.41) is 14.6. The number of fused-ring (bicyclic) bond motifs is 3. The van der Waals surface area contributed by atoms with E-state index < -0.39 is 10.7 Å². The van der Waals surface area contributed by atoms with Crippen molar-refractivity contribution in [2.75, 3.05) is 5.32 Å². The first-order valence-electron chi connectivity index (χ1n) is 8.03. The minimum absolute atomic E-state index is 0.0113. The number of benzene rings is 2. The molecule has 24 heavy (non-hydrogen) atoms. The zero-order chi connectivity index (χ0) is 16.8. The van der Waals surface area contributed by atoms with Crippen molar-refractivity contribution < 1.29 is 9.31 Å². The number of anilines is 1. The summed E-state index contributed by atoms with van der Waals surface area (Å²) in [6.45, 7) is 2.02. The van der Waals surface area contributed by atoms with Crippen LogP contribution in [0.5, 0.6) is 0 Å². The first kappa shape index (κ1) is 14.9. The van der Waals surface area contributed by atoms with Gasteiger partial charge in [0.1, 0.15) is 5.82 Å². The van der Waals surface area contributed by atoms with Crippen LogP contribution in [-0.2, 0) is 0 Å². The molecule has 0 bridgehead atoms. The van der Waals surface area contributed by atoms with Crippen LogP contribution >= 0.6 is 0 Å². The van der Waals surface area contributed by atoms with E-state index >= 15 is 0 Å². The average Bonchev–Trinajstić information content (AvgIpc) is 3.05. The Morgan fingerprint density at radius 3 is 2.67 bits per heavy atom. The van der Waals surface area contributed by atoms with Gasteiger partial charge in [0.2, 0.25) is 0 Å². The van der Waals surface area contributed by atoms with E-state index in [2.05, 4.69) is 5.32 Å². The SMILES string of the molecule is Cc1ccc(C2Nc3c(F)ccc([N+](=O)[O-])c3C3C=CCC32)cc1. The van der Waals surface area contributed by atoms with E-state index in [1.165, 1.54) is 12.1 Å². The van der Waals surface area contributed by atoms with Crippen molar-refractivity contribution in [3.8, 4) is 0 Å². The summed E-state index contributed by atoms with van der Waals surface area (Å²) in [4.78, 5) is 11.0. The maximum Gasteiger partial charge on any atom is 0.275 e. The predicted molar refractivity (Wildman–Crippen MR) is 90.6 cm³/mol. The molecule has 5 heteroatoms. The zero-order valence-corrected chi connectivity index (χ0v) is 13.2. The van der Waals surface area contributed by atoms with E-state index in [0.717, 1.165) is 17.5 Å². The maximum absolute atomic E-state index is 14.4. The van der Waals surface area contributed by atoms with Crippen LogP contribution in [0.4, 0.5) is 15.8 Å². The minimum Gasteiger partial charge on any atom is -0.375 e. The van der Waals surface area contributed by atoms with Gasteiger partial charge in [-0.3, -0.25) is 10.1 Å². The zero-order valence-electron chi connectivity index (χ0n) is 13.2. The van der Waals surface area contributed by atoms with Gasteiger partial charge < -0.3 is 5.32 Å². The normalized spacial score (nSPS) is 24.2. The van der Waals surface area contributed by atoms with Gasteiger partial charge in [-0.05, 0) is 30.9 Å². The third kappa shape index (κ3) is 2.19. The van der Waals surface area contributed by atoms with Crippen LogP contribution in [0, 0.1) is 28.8 Å². The highest BCUT2D eigenvalue weighted by molar-refractivity contribution is 5.67. The van der Waals surface area contributed by atoms with Crippen LogP contribution < -0.4 is 5.32 Å². The fraction of sp³-hybridized carbons (Fsp3) is 0.263. The molecule has 122 valence electrons. The number of hydrogen-bond donors (Lipinski definition) is 1. The second kappa shape index (κ2) is 5.44. The molecule has 0 radical (unpaired) electrons. The standard InChI is InChI=1S/C19H17FN2O2/c1-11-5-7-12(8-6-11)18-14-4-2-3-13(14)17-16(22(23)24)10-9-15(20)19(17)21-18/h2-3,5-10,13-14,18,21H,4H2,1H3. The van der Waals surface area contributed by atoms with Crippen LogP contribution in [0.1, 0.15) is 35.1 Å². The third-order valence-electron chi connectivity index (χ3n) is 5.08. The molecule has 4 rings (SSSR count). The number of nitrogens with zero attached hydrogens (tertiary/aromatic N) is 1. The Kier molecular flexibility index (Phi) is 3.37. The number of allylic oxidation sites excluding steroid dienone is 2. The summed E-state index contributed by atoms with van der Waals surface area (Å²) in [6, 6.07) is 10.5. The van der Waals surface area contributed by atoms with Crippen molar-refractivity contribution in [1.29, 1.82) is 0 Å². The number of hydrogen-bond acceptors (Lipinski definition) is 3. The van der Waals surface area contributed by atoms with Crippen molar-refractivity contribution in [2.45, 2.75) is 25.3 Å². The molecule has 0 fully saturated rings. The van der Waals surface area contributed by atoms with Gasteiger partial charge in [0.15, 0.2) is 0 Å². The average molecular weight is 324 g/mol. The number of nitro groups is 1. The Morgan fingerprint density at radius 1 is 1.21 bits per heavy atom. The lowest BCUT2D eigenvalue weighted by molar-refractivity contribution is -0.385. The van der Waals surface area contributed by atoms with E-state index in [1.54, 1.807) is 0 Å². The Hall–Kier alpha value is -2.69. The van der Waals surface area contributed by atoms with E-state index in [9.17, 15) is 14.5 Å². The second-order valence-electron chi connectivity index (χ2n) is 6.50. The van der Waals surface area contributed by atoms with Crippen molar-refractivity contribution in [2.24, 2.45) is 5.92 Å². The van der Waals surface area contributed by atoms with Gasteiger partial charge in [0, 0.05) is 12.0 Å². The molecule has 0 aromatic heterocycles. The lowest BCUT2D eigenvalue weighted by Gasteiger charge is -2.37. The number of rotatable bonds is 2. The van der Waals surface area contributed by atoms with Crippen LogP contribution in [0.25, 0.3) is 0 Å². The number of halogens is 1. The molecule has 0 spiro atoms. The summed E-state index contributed by atoms with van der Waals surface area (Å²) >= 11 is 0. The van der Waals surface area contributed by atoms with Crippen LogP contribution in [-0.4, -0.2) is 4.92 Å². The molecule has 1 aliphatic carbocycles. The van der Waals surface area contributed by atoms with E-state index in [-0.39, 0.29) is 29.3 Å². The Morgan fingerprint density at radius 2 is 1.96 bits per heavy atom. The number of aryl methyl sites for hydroxylation is 1. The van der Waals surface area contributed by atoms with Crippen LogP contribution in [0.15, 0.2) is 48.6 Å². The Balaban J connectivity index is 1.86. The van der Waals surface area contributed by atoms with Crippen LogP contribution in [0.2, 0.25) is 0 Å². The minimum atomic E-state index is -0.438. The summed E-state index contributed by atoms with van der Waals surface area (Å²) in [7, 11) is 0. The van der Waals surface area contributed by atoms with Crippen molar-refractivity contribution in [3.05, 3.63) is 81.2 Å². The molecule has 0 saturated carbocycles. The van der Waals surface area contributed by atoms with E-state index in [1.807, 2.05) is 43.3 Å². The quantitative estimate of drug-likeness (QED) is 0.487. The topological polar surface area (TPSA) is 55.2 Å². The maximum atomic E-state index is 14.4. The summed E-state index contributed by atoms with van der Waals surface area (Å²) in [6.07, 6.45) is 4.85. The van der Waals surface area contributed by atoms with Gasteiger partial charge in [0.05, 0.1) is 22.2 Å². The van der Waals surface area contributed by atoms with Crippen LogP contribution in [0.3, 0.4) is 0 Å². The molecular formula is C19H17FN2O2. The summed E-state index contributed by atoms with van der Waals surface area (Å²) in [5.74, 6) is -0.421. The Labute approximate surface area is 139 Å². The first-order chi connectivity index (χ1) is 11.6. The predicted octanol–water partition coefficient (Wildman–Crippen LogP) is 4.87. The highest BCUT2D eigenvalue weighted by atomic mass is 19.1. The molecule has 0 amide bonds.